The van der Waals surface area contributed by atoms with Crippen LogP contribution in [0.5, 0.6) is 0 Å². The van der Waals surface area contributed by atoms with Gasteiger partial charge >= 0.3 is 5.97 Å². The van der Waals surface area contributed by atoms with E-state index >= 15 is 8.78 Å². The quantitative estimate of drug-likeness (QED) is 0.0486. The Morgan fingerprint density at radius 1 is 0.900 bits per heavy atom. The zero-order chi connectivity index (χ0) is 35.0. The van der Waals surface area contributed by atoms with E-state index in [0.29, 0.717) is 70.2 Å². The Balaban J connectivity index is 1.29. The molecule has 4 aliphatic rings. The van der Waals surface area contributed by atoms with Crippen molar-refractivity contribution in [3.8, 4) is 22.5 Å². The van der Waals surface area contributed by atoms with Crippen LogP contribution < -0.4 is 20.1 Å². The zero-order valence-corrected chi connectivity index (χ0v) is 29.1. The molecule has 0 spiro atoms. The molecule has 2 saturated heterocycles. The summed E-state index contributed by atoms with van der Waals surface area (Å²) in [5.41, 5.74) is 2.16. The molecular formula is C38H43ClF2N3O6+. The number of rotatable bonds is 16. The first kappa shape index (κ1) is 35.8. The van der Waals surface area contributed by atoms with Crippen LogP contribution in [0, 0.1) is 11.6 Å². The number of esters is 1. The highest BCUT2D eigenvalue weighted by atomic mass is 35.5. The molecule has 2 fully saturated rings. The molecule has 0 bridgehead atoms. The summed E-state index contributed by atoms with van der Waals surface area (Å²) in [5.74, 6) is -0.930. The van der Waals surface area contributed by atoms with Crippen molar-refractivity contribution >= 4 is 40.1 Å². The largest absolute Gasteiger partial charge is 0.465 e. The van der Waals surface area contributed by atoms with Crippen molar-refractivity contribution in [3.63, 3.8) is 0 Å². The van der Waals surface area contributed by atoms with Crippen molar-refractivity contribution in [1.29, 1.82) is 0 Å². The van der Waals surface area contributed by atoms with Crippen LogP contribution in [0.3, 0.4) is 0 Å². The Hall–Kier alpha value is -4.06. The Morgan fingerprint density at radius 3 is 2.38 bits per heavy atom. The van der Waals surface area contributed by atoms with Gasteiger partial charge in [-0.15, -0.1) is 11.6 Å². The van der Waals surface area contributed by atoms with Gasteiger partial charge in [0.05, 0.1) is 50.7 Å². The smallest absolute Gasteiger partial charge is 0.338 e. The number of hydrogen-bond acceptors (Lipinski definition) is 7. The van der Waals surface area contributed by atoms with E-state index in [1.54, 1.807) is 18.2 Å². The van der Waals surface area contributed by atoms with Gasteiger partial charge in [0.1, 0.15) is 30.3 Å². The van der Waals surface area contributed by atoms with Gasteiger partial charge in [0.2, 0.25) is 5.36 Å². The van der Waals surface area contributed by atoms with Gasteiger partial charge in [-0.1, -0.05) is 12.8 Å². The van der Waals surface area contributed by atoms with Crippen LogP contribution in [0.2, 0.25) is 0 Å². The molecule has 50 heavy (non-hydrogen) atoms. The van der Waals surface area contributed by atoms with Crippen molar-refractivity contribution < 1.29 is 37.0 Å². The van der Waals surface area contributed by atoms with Crippen LogP contribution in [0.4, 0.5) is 14.5 Å². The maximum atomic E-state index is 15.7. The number of nitrogens with zero attached hydrogens (tertiary/aromatic N) is 2. The number of halogens is 3. The molecule has 1 amide bonds. The number of methoxy groups -OCH3 is 1. The highest BCUT2D eigenvalue weighted by molar-refractivity contribution is 6.17. The highest BCUT2D eigenvalue weighted by Crippen LogP contribution is 2.44. The first-order valence-electron chi connectivity index (χ1n) is 17.3. The summed E-state index contributed by atoms with van der Waals surface area (Å²) in [4.78, 5) is 28.4. The maximum absolute atomic E-state index is 15.7. The monoisotopic (exact) mass is 710 g/mol. The van der Waals surface area contributed by atoms with E-state index in [1.807, 2.05) is 9.48 Å². The Kier molecular flexibility index (Phi) is 12.0. The number of unbranched alkanes of at least 4 members (excludes halogenated alkanes) is 3. The molecule has 3 heterocycles. The Bertz CT molecular complexity index is 1890. The zero-order valence-electron chi connectivity index (χ0n) is 28.3. The third kappa shape index (κ3) is 7.95. The molecule has 0 radical (unpaired) electrons. The van der Waals surface area contributed by atoms with E-state index in [1.165, 1.54) is 31.4 Å². The van der Waals surface area contributed by atoms with Gasteiger partial charge in [-0.3, -0.25) is 4.79 Å². The van der Waals surface area contributed by atoms with Crippen LogP contribution in [0.1, 0.15) is 59.2 Å². The molecule has 1 N–H and O–H groups in total. The molecule has 9 nitrogen and oxygen atoms in total. The second-order valence-electron chi connectivity index (χ2n) is 12.6. The summed E-state index contributed by atoms with van der Waals surface area (Å²) in [6, 6.07) is 10.6. The Morgan fingerprint density at radius 2 is 1.68 bits per heavy atom. The minimum atomic E-state index is -0.657. The number of fused-ring (bicyclic) bond motifs is 2. The number of alkyl halides is 1. The van der Waals surface area contributed by atoms with Crippen LogP contribution in [-0.4, -0.2) is 84.0 Å². The third-order valence-electron chi connectivity index (χ3n) is 9.28. The minimum Gasteiger partial charge on any atom is -0.465 e. The van der Waals surface area contributed by atoms with Gasteiger partial charge < -0.3 is 28.8 Å². The van der Waals surface area contributed by atoms with E-state index < -0.39 is 23.5 Å². The van der Waals surface area contributed by atoms with Crippen molar-refractivity contribution in [2.45, 2.75) is 38.5 Å². The van der Waals surface area contributed by atoms with Gasteiger partial charge in [-0.05, 0) is 55.2 Å². The molecule has 3 aliphatic heterocycles. The number of ether oxygens (including phenoxy) is 3. The first-order chi connectivity index (χ1) is 24.4. The normalized spacial score (nSPS) is 14.2. The number of carbonyl (C=O) groups excluding carboxylic acids is 2. The van der Waals surface area contributed by atoms with Gasteiger partial charge in [0.25, 0.3) is 5.91 Å². The second-order valence-corrected chi connectivity index (χ2v) is 13.0. The third-order valence-corrected chi connectivity index (χ3v) is 9.55. The van der Waals surface area contributed by atoms with Crippen molar-refractivity contribution in [2.75, 3.05) is 77.0 Å². The molecule has 12 heteroatoms. The van der Waals surface area contributed by atoms with Gasteiger partial charge in [-0.2, -0.15) is 4.39 Å². The molecule has 1 aliphatic carbocycles. The van der Waals surface area contributed by atoms with E-state index in [0.717, 1.165) is 64.7 Å². The Labute approximate surface area is 295 Å². The molecule has 0 saturated carbocycles. The number of nitrogens with one attached hydrogen (secondary N) is 1. The molecule has 2 aromatic rings. The average molecular weight is 711 g/mol. The van der Waals surface area contributed by atoms with Crippen LogP contribution >= 0.6 is 11.6 Å². The predicted octanol–water partition coefficient (Wildman–Crippen LogP) is 6.22. The summed E-state index contributed by atoms with van der Waals surface area (Å²) in [6.45, 7) is 4.98. The molecule has 0 unspecified atom stereocenters. The lowest BCUT2D eigenvalue weighted by atomic mass is 9.89. The lowest BCUT2D eigenvalue weighted by Gasteiger charge is -2.33. The molecule has 2 aromatic carbocycles. The molecule has 0 aromatic heterocycles. The lowest BCUT2D eigenvalue weighted by Crippen LogP contribution is -2.42. The van der Waals surface area contributed by atoms with Crippen LogP contribution in [0.25, 0.3) is 33.4 Å². The van der Waals surface area contributed by atoms with E-state index in [2.05, 4.69) is 5.32 Å². The molecule has 0 atom stereocenters. The fourth-order valence-corrected chi connectivity index (χ4v) is 6.48. The fraction of sp³-hybridized carbons (Fsp3) is 0.447. The topological polar surface area (TPSA) is 93.3 Å². The number of hydrogen-bond donors (Lipinski definition) is 1. The molecule has 266 valence electrons. The summed E-state index contributed by atoms with van der Waals surface area (Å²) >= 11 is 5.70. The SMILES string of the molecule is COC(=O)c1ccc(C(=O)NCCOCCOCCCCCCCl)cc1-c1c2cc(F)c(=[N+]3CCC3)cc-2oc2cc(N3CCC3)c(F)cc12. The van der Waals surface area contributed by atoms with Crippen LogP contribution in [0.15, 0.2) is 46.9 Å². The van der Waals surface area contributed by atoms with Gasteiger partial charge in [-0.25, -0.2) is 13.8 Å². The predicted molar refractivity (Wildman–Crippen MR) is 189 cm³/mol. The highest BCUT2D eigenvalue weighted by Gasteiger charge is 2.29. The fourth-order valence-electron chi connectivity index (χ4n) is 6.29. The van der Waals surface area contributed by atoms with Crippen molar-refractivity contribution in [3.05, 3.63) is 70.6 Å². The second kappa shape index (κ2) is 16.8. The van der Waals surface area contributed by atoms with Crippen molar-refractivity contribution in [2.24, 2.45) is 0 Å². The maximum Gasteiger partial charge on any atom is 0.338 e. The number of amides is 1. The lowest BCUT2D eigenvalue weighted by molar-refractivity contribution is 0.0468. The summed E-state index contributed by atoms with van der Waals surface area (Å²) in [6.07, 6.45) is 6.11. The average Bonchev–Trinajstić information content (AvgIpc) is 3.06. The minimum absolute atomic E-state index is 0.139. The number of carbonyl (C=O) groups is 2. The van der Waals surface area contributed by atoms with Crippen LogP contribution in [-0.2, 0) is 14.2 Å². The molecular weight excluding hydrogens is 668 g/mol. The summed E-state index contributed by atoms with van der Waals surface area (Å²) in [7, 11) is 1.26. The first-order valence-corrected chi connectivity index (χ1v) is 17.9. The number of anilines is 1. The number of benzene rings is 3. The van der Waals surface area contributed by atoms with Gasteiger partial charge in [0, 0.05) is 60.3 Å². The standard InChI is InChI=1S/C38H42ClF2N3O6/c1-47-38(46)26-9-8-25(37(45)42-11-17-49-19-18-48-16-5-3-2-4-10-39)20-27(26)36-28-21-30(40)32(43-12-6-13-43)23-34(28)50-35-24-33(44-14-7-15-44)31(41)22-29(35)36/h8-9,20-24H,2-7,10-19H2,1H3/p+1. The van der Waals surface area contributed by atoms with E-state index in [-0.39, 0.29) is 24.3 Å². The van der Waals surface area contributed by atoms with E-state index in [9.17, 15) is 9.59 Å². The summed E-state index contributed by atoms with van der Waals surface area (Å²) in [5, 5.41) is 3.60. The summed E-state index contributed by atoms with van der Waals surface area (Å²) < 4.78 is 56.1. The molecule has 6 rings (SSSR count). The van der Waals surface area contributed by atoms with Gasteiger partial charge in [0.15, 0.2) is 5.82 Å². The van der Waals surface area contributed by atoms with E-state index in [4.69, 9.17) is 30.2 Å². The van der Waals surface area contributed by atoms with Crippen molar-refractivity contribution in [1.82, 2.24) is 9.89 Å².